The van der Waals surface area contributed by atoms with E-state index >= 15 is 0 Å². The van der Waals surface area contributed by atoms with Crippen LogP contribution in [-0.4, -0.2) is 38.4 Å². The number of nitrogens with zero attached hydrogens (tertiary/aromatic N) is 2. The standard InChI is InChI=1S/C18H17F5N2O2S/c1-10-4-3-5-12(8-10)25-7-6-24(9-11(25)2)28(26,27)18-16(22)14(20)13(19)15(21)17(18)23/h3-5,8,11H,6-7,9H2,1-2H3. The minimum absolute atomic E-state index is 0.167. The molecule has 2 aromatic rings. The van der Waals surface area contributed by atoms with Gasteiger partial charge in [-0.05, 0) is 31.5 Å². The van der Waals surface area contributed by atoms with Crippen molar-refractivity contribution in [2.75, 3.05) is 24.5 Å². The molecule has 1 saturated heterocycles. The zero-order valence-corrected chi connectivity index (χ0v) is 15.8. The Labute approximate surface area is 159 Å². The summed E-state index contributed by atoms with van der Waals surface area (Å²) in [5, 5.41) is 0. The fourth-order valence-electron chi connectivity index (χ4n) is 3.27. The number of hydrogen-bond donors (Lipinski definition) is 0. The van der Waals surface area contributed by atoms with E-state index in [1.807, 2.05) is 36.1 Å². The second-order valence-electron chi connectivity index (χ2n) is 6.64. The van der Waals surface area contributed by atoms with E-state index in [2.05, 4.69) is 0 Å². The van der Waals surface area contributed by atoms with Crippen LogP contribution in [0.4, 0.5) is 27.6 Å². The lowest BCUT2D eigenvalue weighted by Crippen LogP contribution is -2.54. The minimum Gasteiger partial charge on any atom is -0.366 e. The van der Waals surface area contributed by atoms with Gasteiger partial charge in [-0.25, -0.2) is 30.4 Å². The van der Waals surface area contributed by atoms with Gasteiger partial charge in [-0.15, -0.1) is 0 Å². The maximum Gasteiger partial charge on any atom is 0.249 e. The van der Waals surface area contributed by atoms with Gasteiger partial charge < -0.3 is 4.90 Å². The molecule has 4 nitrogen and oxygen atoms in total. The predicted molar refractivity (Wildman–Crippen MR) is 93.0 cm³/mol. The SMILES string of the molecule is Cc1cccc(N2CCN(S(=O)(=O)c3c(F)c(F)c(F)c(F)c3F)CC2C)c1. The van der Waals surface area contributed by atoms with Gasteiger partial charge in [0.25, 0.3) is 0 Å². The molecule has 0 radical (unpaired) electrons. The van der Waals surface area contributed by atoms with Gasteiger partial charge >= 0.3 is 0 Å². The van der Waals surface area contributed by atoms with Crippen LogP contribution in [0, 0.1) is 36.0 Å². The largest absolute Gasteiger partial charge is 0.366 e. The van der Waals surface area contributed by atoms with Crippen molar-refractivity contribution < 1.29 is 30.4 Å². The highest BCUT2D eigenvalue weighted by atomic mass is 32.2. The second-order valence-corrected chi connectivity index (χ2v) is 8.52. The fraction of sp³-hybridized carbons (Fsp3) is 0.333. The normalized spacial score (nSPS) is 18.5. The van der Waals surface area contributed by atoms with Gasteiger partial charge in [-0.3, -0.25) is 0 Å². The minimum atomic E-state index is -4.92. The maximum atomic E-state index is 14.0. The first-order valence-electron chi connectivity index (χ1n) is 8.40. The van der Waals surface area contributed by atoms with E-state index in [1.54, 1.807) is 6.92 Å². The molecule has 0 spiro atoms. The van der Waals surface area contributed by atoms with E-state index in [4.69, 9.17) is 0 Å². The Morgan fingerprint density at radius 2 is 1.50 bits per heavy atom. The zero-order valence-electron chi connectivity index (χ0n) is 15.0. The van der Waals surface area contributed by atoms with Crippen molar-refractivity contribution in [2.45, 2.75) is 24.8 Å². The molecular weight excluding hydrogens is 403 g/mol. The highest BCUT2D eigenvalue weighted by Crippen LogP contribution is 2.31. The molecular formula is C18H17F5N2O2S. The molecule has 10 heteroatoms. The van der Waals surface area contributed by atoms with Gasteiger partial charge in [0, 0.05) is 31.4 Å². The summed E-state index contributed by atoms with van der Waals surface area (Å²) in [6, 6.07) is 7.11. The summed E-state index contributed by atoms with van der Waals surface area (Å²) in [5.41, 5.74) is 1.85. The van der Waals surface area contributed by atoms with Crippen molar-refractivity contribution in [1.29, 1.82) is 0 Å². The average molecular weight is 420 g/mol. The molecule has 0 N–H and O–H groups in total. The molecule has 0 bridgehead atoms. The summed E-state index contributed by atoms with van der Waals surface area (Å²) in [6.07, 6.45) is 0. The van der Waals surface area contributed by atoms with Gasteiger partial charge in [-0.2, -0.15) is 4.31 Å². The van der Waals surface area contributed by atoms with Gasteiger partial charge in [0.15, 0.2) is 28.2 Å². The quantitative estimate of drug-likeness (QED) is 0.433. The van der Waals surface area contributed by atoms with E-state index in [0.717, 1.165) is 15.6 Å². The highest BCUT2D eigenvalue weighted by molar-refractivity contribution is 7.89. The van der Waals surface area contributed by atoms with Crippen molar-refractivity contribution in [2.24, 2.45) is 0 Å². The van der Waals surface area contributed by atoms with Crippen molar-refractivity contribution in [3.8, 4) is 0 Å². The molecule has 1 aliphatic heterocycles. The fourth-order valence-corrected chi connectivity index (χ4v) is 4.90. The Hall–Kier alpha value is -2.20. The van der Waals surface area contributed by atoms with E-state index in [9.17, 15) is 30.4 Å². The smallest absolute Gasteiger partial charge is 0.249 e. The van der Waals surface area contributed by atoms with E-state index < -0.39 is 44.0 Å². The molecule has 0 saturated carbocycles. The number of benzene rings is 2. The molecule has 1 aliphatic rings. The molecule has 1 heterocycles. The molecule has 152 valence electrons. The average Bonchev–Trinajstić information content (AvgIpc) is 2.64. The molecule has 28 heavy (non-hydrogen) atoms. The van der Waals surface area contributed by atoms with Crippen LogP contribution in [0.15, 0.2) is 29.2 Å². The summed E-state index contributed by atoms with van der Waals surface area (Å²) >= 11 is 0. The van der Waals surface area contributed by atoms with Crippen LogP contribution in [0.2, 0.25) is 0 Å². The van der Waals surface area contributed by atoms with Crippen LogP contribution in [0.3, 0.4) is 0 Å². The lowest BCUT2D eigenvalue weighted by atomic mass is 10.1. The lowest BCUT2D eigenvalue weighted by molar-refractivity contribution is 0.327. The Kier molecular flexibility index (Phi) is 5.37. The molecule has 3 rings (SSSR count). The molecule has 1 fully saturated rings. The topological polar surface area (TPSA) is 40.6 Å². The van der Waals surface area contributed by atoms with E-state index in [1.165, 1.54) is 0 Å². The van der Waals surface area contributed by atoms with Crippen LogP contribution in [-0.2, 0) is 10.0 Å². The second kappa shape index (κ2) is 7.32. The Bertz CT molecular complexity index is 1000. The predicted octanol–water partition coefficient (Wildman–Crippen LogP) is 3.59. The molecule has 0 amide bonds. The van der Waals surface area contributed by atoms with Gasteiger partial charge in [0.1, 0.15) is 0 Å². The number of halogens is 5. The third kappa shape index (κ3) is 3.35. The first-order valence-corrected chi connectivity index (χ1v) is 9.84. The number of rotatable bonds is 3. The Morgan fingerprint density at radius 1 is 0.929 bits per heavy atom. The summed E-state index contributed by atoms with van der Waals surface area (Å²) in [6.45, 7) is 3.47. The van der Waals surface area contributed by atoms with Crippen molar-refractivity contribution in [3.63, 3.8) is 0 Å². The number of sulfonamides is 1. The van der Waals surface area contributed by atoms with E-state index in [-0.39, 0.29) is 25.7 Å². The summed E-state index contributed by atoms with van der Waals surface area (Å²) in [7, 11) is -4.92. The number of anilines is 1. The summed E-state index contributed by atoms with van der Waals surface area (Å²) in [5.74, 6) is -11.7. The molecule has 1 unspecified atom stereocenters. The first-order chi connectivity index (χ1) is 13.1. The van der Waals surface area contributed by atoms with E-state index in [0.29, 0.717) is 0 Å². The van der Waals surface area contributed by atoms with Gasteiger partial charge in [-0.1, -0.05) is 12.1 Å². The summed E-state index contributed by atoms with van der Waals surface area (Å²) < 4.78 is 94.2. The number of hydrogen-bond acceptors (Lipinski definition) is 3. The third-order valence-electron chi connectivity index (χ3n) is 4.69. The van der Waals surface area contributed by atoms with Gasteiger partial charge in [0.2, 0.25) is 15.8 Å². The van der Waals surface area contributed by atoms with Crippen LogP contribution in [0.1, 0.15) is 12.5 Å². The molecule has 1 atom stereocenters. The maximum absolute atomic E-state index is 14.0. The third-order valence-corrected chi connectivity index (χ3v) is 6.58. The number of piperazine rings is 1. The molecule has 0 aromatic heterocycles. The highest BCUT2D eigenvalue weighted by Gasteiger charge is 2.39. The van der Waals surface area contributed by atoms with Crippen molar-refractivity contribution in [3.05, 3.63) is 58.9 Å². The number of aryl methyl sites for hydroxylation is 1. The monoisotopic (exact) mass is 420 g/mol. The van der Waals surface area contributed by atoms with Gasteiger partial charge in [0.05, 0.1) is 0 Å². The van der Waals surface area contributed by atoms with Crippen LogP contribution >= 0.6 is 0 Å². The van der Waals surface area contributed by atoms with Crippen molar-refractivity contribution in [1.82, 2.24) is 4.31 Å². The zero-order chi connectivity index (χ0) is 20.8. The van der Waals surface area contributed by atoms with Crippen LogP contribution in [0.5, 0.6) is 0 Å². The summed E-state index contributed by atoms with van der Waals surface area (Å²) in [4.78, 5) is 0.0949. The Balaban J connectivity index is 1.94. The lowest BCUT2D eigenvalue weighted by Gasteiger charge is -2.40. The molecule has 0 aliphatic carbocycles. The van der Waals surface area contributed by atoms with Crippen LogP contribution in [0.25, 0.3) is 0 Å². The van der Waals surface area contributed by atoms with Crippen LogP contribution < -0.4 is 4.90 Å². The van der Waals surface area contributed by atoms with Crippen molar-refractivity contribution >= 4 is 15.7 Å². The molecule has 2 aromatic carbocycles. The Morgan fingerprint density at radius 3 is 2.04 bits per heavy atom. The first kappa shape index (κ1) is 20.5.